The molecule has 3 heterocycles. The predicted molar refractivity (Wildman–Crippen MR) is 123 cm³/mol. The topological polar surface area (TPSA) is 101 Å². The van der Waals surface area contributed by atoms with Crippen LogP contribution in [-0.2, 0) is 22.9 Å². The number of aryl methyl sites for hydroxylation is 2. The number of H-pyrrole nitrogens is 1. The van der Waals surface area contributed by atoms with Gasteiger partial charge >= 0.3 is 0 Å². The Morgan fingerprint density at radius 2 is 1.91 bits per heavy atom. The zero-order valence-corrected chi connectivity index (χ0v) is 19.4. The standard InChI is InChI=1S/C23H24FN5O3S/c1-4-29(2)33(30,31)21-7-5-15(11-19(21)24)16-12-20-23(26-14-16)28-22(27-20)8-6-17-13-18(32-3)9-10-25-17/h5,7,9-14H,4,6,8H2,1-3H3,(H,26,27,28). The number of halogens is 1. The second kappa shape index (κ2) is 9.24. The maximum atomic E-state index is 14.7. The van der Waals surface area contributed by atoms with E-state index in [-0.39, 0.29) is 11.4 Å². The van der Waals surface area contributed by atoms with Gasteiger partial charge in [-0.25, -0.2) is 27.1 Å². The smallest absolute Gasteiger partial charge is 0.245 e. The Balaban J connectivity index is 1.56. The molecule has 0 saturated heterocycles. The molecule has 33 heavy (non-hydrogen) atoms. The molecule has 0 atom stereocenters. The normalized spacial score (nSPS) is 11.9. The number of nitrogens with zero attached hydrogens (tertiary/aromatic N) is 4. The van der Waals surface area contributed by atoms with Crippen LogP contribution in [0.1, 0.15) is 18.4 Å². The molecule has 0 spiro atoms. The lowest BCUT2D eigenvalue weighted by atomic mass is 10.1. The fraction of sp³-hybridized carbons (Fsp3) is 0.261. The number of hydrogen-bond donors (Lipinski definition) is 1. The van der Waals surface area contributed by atoms with E-state index in [4.69, 9.17) is 4.74 Å². The third-order valence-electron chi connectivity index (χ3n) is 5.43. The van der Waals surface area contributed by atoms with Crippen molar-refractivity contribution in [3.63, 3.8) is 0 Å². The molecule has 4 aromatic rings. The summed E-state index contributed by atoms with van der Waals surface area (Å²) in [6.45, 7) is 1.94. The number of sulfonamides is 1. The fourth-order valence-corrected chi connectivity index (χ4v) is 4.64. The van der Waals surface area contributed by atoms with Crippen molar-refractivity contribution < 1.29 is 17.5 Å². The van der Waals surface area contributed by atoms with E-state index < -0.39 is 15.8 Å². The van der Waals surface area contributed by atoms with Crippen LogP contribution >= 0.6 is 0 Å². The van der Waals surface area contributed by atoms with Gasteiger partial charge in [0, 0.05) is 49.7 Å². The van der Waals surface area contributed by atoms with Crippen molar-refractivity contribution in [2.45, 2.75) is 24.7 Å². The molecule has 0 radical (unpaired) electrons. The van der Waals surface area contributed by atoms with Crippen molar-refractivity contribution in [1.29, 1.82) is 0 Å². The van der Waals surface area contributed by atoms with Crippen LogP contribution in [0.15, 0.2) is 53.7 Å². The van der Waals surface area contributed by atoms with Gasteiger partial charge in [-0.3, -0.25) is 4.98 Å². The Kier molecular flexibility index (Phi) is 6.39. The van der Waals surface area contributed by atoms with E-state index >= 15 is 0 Å². The predicted octanol–water partition coefficient (Wildman–Crippen LogP) is 3.59. The third-order valence-corrected chi connectivity index (χ3v) is 7.39. The summed E-state index contributed by atoms with van der Waals surface area (Å²) in [7, 11) is -0.838. The number of imidazole rings is 1. The summed E-state index contributed by atoms with van der Waals surface area (Å²) in [6, 6.07) is 9.58. The van der Waals surface area contributed by atoms with Crippen molar-refractivity contribution in [2.24, 2.45) is 0 Å². The summed E-state index contributed by atoms with van der Waals surface area (Å²) < 4.78 is 45.9. The highest BCUT2D eigenvalue weighted by Gasteiger charge is 2.23. The second-order valence-corrected chi connectivity index (χ2v) is 9.54. The summed E-state index contributed by atoms with van der Waals surface area (Å²) >= 11 is 0. The number of aromatic nitrogens is 4. The SMILES string of the molecule is CCN(C)S(=O)(=O)c1ccc(-c2cnc3nc(CCc4cc(OC)ccn4)[nH]c3c2)cc1F. The van der Waals surface area contributed by atoms with Crippen LogP contribution in [0.25, 0.3) is 22.3 Å². The molecule has 0 aliphatic heterocycles. The Morgan fingerprint density at radius 3 is 2.64 bits per heavy atom. The van der Waals surface area contributed by atoms with Crippen molar-refractivity contribution in [1.82, 2.24) is 24.2 Å². The number of benzene rings is 1. The van der Waals surface area contributed by atoms with E-state index in [1.165, 1.54) is 19.2 Å². The van der Waals surface area contributed by atoms with Gasteiger partial charge in [0.25, 0.3) is 0 Å². The van der Waals surface area contributed by atoms with Gasteiger partial charge in [0.05, 0.1) is 12.6 Å². The molecule has 0 amide bonds. The highest BCUT2D eigenvalue weighted by molar-refractivity contribution is 7.89. The first kappa shape index (κ1) is 22.8. The van der Waals surface area contributed by atoms with Crippen molar-refractivity contribution in [3.8, 4) is 16.9 Å². The largest absolute Gasteiger partial charge is 0.497 e. The molecule has 3 aromatic heterocycles. The van der Waals surface area contributed by atoms with Crippen molar-refractivity contribution in [2.75, 3.05) is 20.7 Å². The van der Waals surface area contributed by atoms with Gasteiger partial charge < -0.3 is 9.72 Å². The minimum atomic E-state index is -3.87. The number of aromatic amines is 1. The van der Waals surface area contributed by atoms with Crippen LogP contribution in [-0.4, -0.2) is 53.4 Å². The molecule has 0 unspecified atom stereocenters. The zero-order valence-electron chi connectivity index (χ0n) is 18.5. The molecule has 8 nitrogen and oxygen atoms in total. The van der Waals surface area contributed by atoms with Crippen LogP contribution in [0.3, 0.4) is 0 Å². The molecular weight excluding hydrogens is 445 g/mol. The Morgan fingerprint density at radius 1 is 1.09 bits per heavy atom. The molecular formula is C23H24FN5O3S. The monoisotopic (exact) mass is 469 g/mol. The maximum absolute atomic E-state index is 14.7. The molecule has 0 aliphatic rings. The number of nitrogens with one attached hydrogen (secondary N) is 1. The van der Waals surface area contributed by atoms with Gasteiger partial charge in [-0.2, -0.15) is 0 Å². The number of pyridine rings is 2. The molecule has 0 saturated carbocycles. The van der Waals surface area contributed by atoms with E-state index in [9.17, 15) is 12.8 Å². The highest BCUT2D eigenvalue weighted by Crippen LogP contribution is 2.27. The third kappa shape index (κ3) is 4.71. The Hall–Kier alpha value is -3.37. The molecule has 0 fully saturated rings. The van der Waals surface area contributed by atoms with E-state index in [1.807, 2.05) is 12.1 Å². The van der Waals surface area contributed by atoms with Gasteiger partial charge in [0.15, 0.2) is 5.65 Å². The zero-order chi connectivity index (χ0) is 23.6. The molecule has 172 valence electrons. The summed E-state index contributed by atoms with van der Waals surface area (Å²) in [5.74, 6) is 0.710. The lowest BCUT2D eigenvalue weighted by Crippen LogP contribution is -2.27. The number of methoxy groups -OCH3 is 1. The van der Waals surface area contributed by atoms with Crippen LogP contribution in [0, 0.1) is 5.82 Å². The summed E-state index contributed by atoms with van der Waals surface area (Å²) in [6.07, 6.45) is 4.61. The van der Waals surface area contributed by atoms with Crippen LogP contribution in [0.2, 0.25) is 0 Å². The summed E-state index contributed by atoms with van der Waals surface area (Å²) in [5.41, 5.74) is 3.33. The van der Waals surface area contributed by atoms with Crippen LogP contribution in [0.4, 0.5) is 4.39 Å². The molecule has 10 heteroatoms. The van der Waals surface area contributed by atoms with Gasteiger partial charge in [-0.1, -0.05) is 13.0 Å². The second-order valence-electron chi connectivity index (χ2n) is 7.53. The van der Waals surface area contributed by atoms with E-state index in [2.05, 4.69) is 19.9 Å². The average Bonchev–Trinajstić information content (AvgIpc) is 3.24. The lowest BCUT2D eigenvalue weighted by Gasteiger charge is -2.15. The fourth-order valence-electron chi connectivity index (χ4n) is 3.42. The van der Waals surface area contributed by atoms with E-state index in [1.54, 1.807) is 38.6 Å². The van der Waals surface area contributed by atoms with Gasteiger partial charge in [-0.05, 0) is 36.2 Å². The van der Waals surface area contributed by atoms with E-state index in [0.29, 0.717) is 35.1 Å². The average molecular weight is 470 g/mol. The van der Waals surface area contributed by atoms with Crippen LogP contribution < -0.4 is 4.74 Å². The molecule has 1 N–H and O–H groups in total. The van der Waals surface area contributed by atoms with E-state index in [0.717, 1.165) is 21.6 Å². The highest BCUT2D eigenvalue weighted by atomic mass is 32.2. The molecule has 1 aromatic carbocycles. The number of rotatable bonds is 8. The van der Waals surface area contributed by atoms with Crippen LogP contribution in [0.5, 0.6) is 5.75 Å². The van der Waals surface area contributed by atoms with Gasteiger partial charge in [0.2, 0.25) is 10.0 Å². The number of fused-ring (bicyclic) bond motifs is 1. The number of ether oxygens (including phenoxy) is 1. The quantitative estimate of drug-likeness (QED) is 0.423. The Labute approximate surface area is 191 Å². The molecule has 4 rings (SSSR count). The van der Waals surface area contributed by atoms with Crippen molar-refractivity contribution >= 4 is 21.2 Å². The van der Waals surface area contributed by atoms with Crippen molar-refractivity contribution in [3.05, 3.63) is 66.1 Å². The molecule has 0 bridgehead atoms. The minimum Gasteiger partial charge on any atom is -0.497 e. The van der Waals surface area contributed by atoms with Gasteiger partial charge in [-0.15, -0.1) is 0 Å². The minimum absolute atomic E-state index is 0.250. The lowest BCUT2D eigenvalue weighted by molar-refractivity contribution is 0.413. The van der Waals surface area contributed by atoms with Gasteiger partial charge in [0.1, 0.15) is 22.3 Å². The first-order valence-electron chi connectivity index (χ1n) is 10.4. The molecule has 0 aliphatic carbocycles. The first-order chi connectivity index (χ1) is 15.8. The first-order valence-corrected chi connectivity index (χ1v) is 11.9. The summed E-state index contributed by atoms with van der Waals surface area (Å²) in [5, 5.41) is 0. The Bertz CT molecular complexity index is 1400. The number of hydrogen-bond acceptors (Lipinski definition) is 6. The maximum Gasteiger partial charge on any atom is 0.245 e. The summed E-state index contributed by atoms with van der Waals surface area (Å²) in [4.78, 5) is 16.1.